The van der Waals surface area contributed by atoms with Crippen LogP contribution in [0.3, 0.4) is 0 Å². The molecular weight excluding hydrogens is 250 g/mol. The van der Waals surface area contributed by atoms with Crippen LogP contribution in [0.15, 0.2) is 16.7 Å². The second kappa shape index (κ2) is 7.81. The van der Waals surface area contributed by atoms with Gasteiger partial charge in [0.1, 0.15) is 5.76 Å². The van der Waals surface area contributed by atoms with E-state index in [0.717, 1.165) is 44.5 Å². The topological polar surface area (TPSA) is 31.6 Å². The third-order valence-electron chi connectivity index (χ3n) is 3.89. The maximum atomic E-state index is 5.69. The first-order valence-electron chi connectivity index (χ1n) is 7.84. The van der Waals surface area contributed by atoms with Crippen LogP contribution in [0.4, 0.5) is 0 Å². The second-order valence-corrected chi connectivity index (χ2v) is 6.05. The van der Waals surface area contributed by atoms with Crippen LogP contribution < -0.4 is 5.32 Å². The first-order valence-corrected chi connectivity index (χ1v) is 7.84. The summed E-state index contributed by atoms with van der Waals surface area (Å²) in [4.78, 5) is 4.70. The average Bonchev–Trinajstić information content (AvgIpc) is 3.15. The van der Waals surface area contributed by atoms with E-state index in [9.17, 15) is 0 Å². The number of nitrogens with one attached hydrogen (secondary N) is 1. The van der Waals surface area contributed by atoms with Gasteiger partial charge in [-0.05, 0) is 59.1 Å². The van der Waals surface area contributed by atoms with E-state index >= 15 is 0 Å². The van der Waals surface area contributed by atoms with E-state index in [0.29, 0.717) is 0 Å². The third-order valence-corrected chi connectivity index (χ3v) is 3.89. The SMILES string of the molecule is CCN(CCCN(C)C)Cc1occc1CNC1CC1. The van der Waals surface area contributed by atoms with Crippen LogP contribution in [-0.4, -0.2) is 49.6 Å². The Bertz CT molecular complexity index is 385. The van der Waals surface area contributed by atoms with Gasteiger partial charge in [0, 0.05) is 18.2 Å². The minimum atomic E-state index is 0.750. The van der Waals surface area contributed by atoms with Gasteiger partial charge in [-0.3, -0.25) is 4.90 Å². The van der Waals surface area contributed by atoms with Crippen molar-refractivity contribution in [3.63, 3.8) is 0 Å². The summed E-state index contributed by atoms with van der Waals surface area (Å²) in [5.74, 6) is 1.13. The van der Waals surface area contributed by atoms with Gasteiger partial charge in [-0.15, -0.1) is 0 Å². The van der Waals surface area contributed by atoms with E-state index in [1.165, 1.54) is 24.8 Å². The van der Waals surface area contributed by atoms with Gasteiger partial charge in [0.25, 0.3) is 0 Å². The van der Waals surface area contributed by atoms with Gasteiger partial charge in [-0.2, -0.15) is 0 Å². The number of hydrogen-bond acceptors (Lipinski definition) is 4. The lowest BCUT2D eigenvalue weighted by molar-refractivity contribution is 0.239. The number of hydrogen-bond donors (Lipinski definition) is 1. The molecule has 1 aromatic rings. The molecule has 1 aromatic heterocycles. The van der Waals surface area contributed by atoms with Gasteiger partial charge in [0.15, 0.2) is 0 Å². The first kappa shape index (κ1) is 15.5. The Morgan fingerprint density at radius 2 is 2.10 bits per heavy atom. The smallest absolute Gasteiger partial charge is 0.122 e. The highest BCUT2D eigenvalue weighted by atomic mass is 16.3. The van der Waals surface area contributed by atoms with Gasteiger partial charge in [0.2, 0.25) is 0 Å². The van der Waals surface area contributed by atoms with Crippen LogP contribution in [0, 0.1) is 0 Å². The van der Waals surface area contributed by atoms with Crippen molar-refractivity contribution >= 4 is 0 Å². The predicted molar refractivity (Wildman–Crippen MR) is 82.7 cm³/mol. The largest absolute Gasteiger partial charge is 0.468 e. The van der Waals surface area contributed by atoms with E-state index in [2.05, 4.69) is 42.2 Å². The summed E-state index contributed by atoms with van der Waals surface area (Å²) >= 11 is 0. The highest BCUT2D eigenvalue weighted by Gasteiger charge is 2.21. The molecule has 1 heterocycles. The van der Waals surface area contributed by atoms with Crippen molar-refractivity contribution < 1.29 is 4.42 Å². The summed E-state index contributed by atoms with van der Waals surface area (Å²) in [7, 11) is 4.26. The molecule has 0 unspecified atom stereocenters. The van der Waals surface area contributed by atoms with Gasteiger partial charge < -0.3 is 14.6 Å². The Morgan fingerprint density at radius 3 is 2.75 bits per heavy atom. The summed E-state index contributed by atoms with van der Waals surface area (Å²) in [5.41, 5.74) is 1.32. The Hall–Kier alpha value is -0.840. The molecule has 2 rings (SSSR count). The zero-order valence-corrected chi connectivity index (χ0v) is 13.2. The molecule has 20 heavy (non-hydrogen) atoms. The summed E-state index contributed by atoms with van der Waals surface area (Å²) in [6.45, 7) is 7.45. The summed E-state index contributed by atoms with van der Waals surface area (Å²) in [5, 5.41) is 3.56. The minimum absolute atomic E-state index is 0.750. The molecule has 4 heteroatoms. The number of furan rings is 1. The molecule has 1 fully saturated rings. The van der Waals surface area contributed by atoms with Gasteiger partial charge in [-0.1, -0.05) is 6.92 Å². The van der Waals surface area contributed by atoms with Gasteiger partial charge >= 0.3 is 0 Å². The third kappa shape index (κ3) is 5.27. The molecule has 1 aliphatic carbocycles. The van der Waals surface area contributed by atoms with Crippen LogP contribution in [-0.2, 0) is 13.1 Å². The lowest BCUT2D eigenvalue weighted by atomic mass is 10.2. The van der Waals surface area contributed by atoms with Crippen LogP contribution >= 0.6 is 0 Å². The first-order chi connectivity index (χ1) is 9.69. The van der Waals surface area contributed by atoms with Crippen LogP contribution in [0.2, 0.25) is 0 Å². The van der Waals surface area contributed by atoms with E-state index in [-0.39, 0.29) is 0 Å². The normalized spacial score (nSPS) is 15.4. The Morgan fingerprint density at radius 1 is 1.30 bits per heavy atom. The van der Waals surface area contributed by atoms with E-state index in [4.69, 9.17) is 4.42 Å². The molecule has 1 aliphatic rings. The van der Waals surface area contributed by atoms with Crippen molar-refractivity contribution in [3.8, 4) is 0 Å². The van der Waals surface area contributed by atoms with Crippen molar-refractivity contribution in [3.05, 3.63) is 23.7 Å². The molecule has 0 aromatic carbocycles. The van der Waals surface area contributed by atoms with Crippen molar-refractivity contribution in [1.82, 2.24) is 15.1 Å². The van der Waals surface area contributed by atoms with E-state index in [1.54, 1.807) is 0 Å². The quantitative estimate of drug-likeness (QED) is 0.712. The van der Waals surface area contributed by atoms with Crippen molar-refractivity contribution in [2.75, 3.05) is 33.7 Å². The fourth-order valence-electron chi connectivity index (χ4n) is 2.37. The Labute approximate surface area is 123 Å². The molecule has 1 N–H and O–H groups in total. The molecule has 0 bridgehead atoms. The summed E-state index contributed by atoms with van der Waals surface area (Å²) in [6.07, 6.45) is 5.70. The van der Waals surface area contributed by atoms with Crippen molar-refractivity contribution in [2.45, 2.75) is 45.3 Å². The lowest BCUT2D eigenvalue weighted by Gasteiger charge is -2.21. The number of nitrogens with zero attached hydrogens (tertiary/aromatic N) is 2. The molecule has 0 atom stereocenters. The molecule has 0 amide bonds. The molecule has 0 spiro atoms. The maximum Gasteiger partial charge on any atom is 0.122 e. The Kier molecular flexibility index (Phi) is 6.07. The van der Waals surface area contributed by atoms with Crippen molar-refractivity contribution in [1.29, 1.82) is 0 Å². The monoisotopic (exact) mass is 279 g/mol. The molecule has 0 aliphatic heterocycles. The summed E-state index contributed by atoms with van der Waals surface area (Å²) < 4.78 is 5.69. The highest BCUT2D eigenvalue weighted by molar-refractivity contribution is 5.17. The fourth-order valence-corrected chi connectivity index (χ4v) is 2.37. The fraction of sp³-hybridized carbons (Fsp3) is 0.750. The maximum absolute atomic E-state index is 5.69. The van der Waals surface area contributed by atoms with Gasteiger partial charge in [0.05, 0.1) is 12.8 Å². The second-order valence-electron chi connectivity index (χ2n) is 6.05. The van der Waals surface area contributed by atoms with E-state index < -0.39 is 0 Å². The zero-order chi connectivity index (χ0) is 14.4. The molecule has 0 saturated heterocycles. The molecule has 1 saturated carbocycles. The molecular formula is C16H29N3O. The zero-order valence-electron chi connectivity index (χ0n) is 13.2. The van der Waals surface area contributed by atoms with Gasteiger partial charge in [-0.25, -0.2) is 0 Å². The Balaban J connectivity index is 1.78. The molecule has 4 nitrogen and oxygen atoms in total. The highest BCUT2D eigenvalue weighted by Crippen LogP contribution is 2.20. The molecule has 0 radical (unpaired) electrons. The van der Waals surface area contributed by atoms with E-state index in [1.807, 2.05) is 6.26 Å². The number of rotatable bonds is 10. The summed E-state index contributed by atoms with van der Waals surface area (Å²) in [6, 6.07) is 2.86. The molecule has 114 valence electrons. The van der Waals surface area contributed by atoms with Crippen LogP contribution in [0.5, 0.6) is 0 Å². The average molecular weight is 279 g/mol. The predicted octanol–water partition coefficient (Wildman–Crippen LogP) is 2.31. The van der Waals surface area contributed by atoms with Crippen LogP contribution in [0.1, 0.15) is 37.5 Å². The minimum Gasteiger partial charge on any atom is -0.468 e. The van der Waals surface area contributed by atoms with Crippen LogP contribution in [0.25, 0.3) is 0 Å². The van der Waals surface area contributed by atoms with Crippen molar-refractivity contribution in [2.24, 2.45) is 0 Å². The lowest BCUT2D eigenvalue weighted by Crippen LogP contribution is -2.27. The standard InChI is InChI=1S/C16H29N3O/c1-4-19(10-5-9-18(2)3)13-16-14(8-11-20-16)12-17-15-6-7-15/h8,11,15,17H,4-7,9-10,12-13H2,1-3H3.